The molecule has 20 heavy (non-hydrogen) atoms. The number of nitrogens with zero attached hydrogens (tertiary/aromatic N) is 2. The Hall–Kier alpha value is -1.44. The summed E-state index contributed by atoms with van der Waals surface area (Å²) in [4.78, 5) is 4.57. The van der Waals surface area contributed by atoms with E-state index < -0.39 is 10.0 Å². The average Bonchev–Trinajstić information content (AvgIpc) is 2.84. The van der Waals surface area contributed by atoms with E-state index in [0.717, 1.165) is 16.4 Å². The van der Waals surface area contributed by atoms with E-state index in [4.69, 9.17) is 0 Å². The molecule has 0 aliphatic heterocycles. The van der Waals surface area contributed by atoms with Gasteiger partial charge in [-0.05, 0) is 31.2 Å². The first-order valence-corrected chi connectivity index (χ1v) is 8.40. The van der Waals surface area contributed by atoms with Crippen LogP contribution in [-0.2, 0) is 16.6 Å². The highest BCUT2D eigenvalue weighted by Crippen LogP contribution is 2.19. The van der Waals surface area contributed by atoms with E-state index in [1.165, 1.54) is 15.6 Å². The lowest BCUT2D eigenvalue weighted by molar-refractivity contribution is 0.463. The topological polar surface area (TPSA) is 62.3 Å². The number of thiazole rings is 1. The second-order valence-electron chi connectivity index (χ2n) is 4.39. The average molecular weight is 311 g/mol. The van der Waals surface area contributed by atoms with E-state index in [-0.39, 0.29) is 11.4 Å². The number of sulfonamides is 1. The number of benzene rings is 1. The van der Waals surface area contributed by atoms with Crippen molar-refractivity contribution in [2.75, 3.05) is 19.4 Å². The van der Waals surface area contributed by atoms with Crippen LogP contribution in [0, 0.1) is 6.92 Å². The molecule has 0 saturated carbocycles. The van der Waals surface area contributed by atoms with Crippen molar-refractivity contribution in [3.05, 3.63) is 40.3 Å². The molecule has 108 valence electrons. The van der Waals surface area contributed by atoms with Crippen LogP contribution in [0.2, 0.25) is 0 Å². The van der Waals surface area contributed by atoms with Crippen molar-refractivity contribution in [1.29, 1.82) is 0 Å². The minimum atomic E-state index is -3.48. The summed E-state index contributed by atoms with van der Waals surface area (Å²) in [7, 11) is -0.125. The highest BCUT2D eigenvalue weighted by molar-refractivity contribution is 7.89. The summed E-state index contributed by atoms with van der Waals surface area (Å²) in [5.41, 5.74) is 1.65. The lowest BCUT2D eigenvalue weighted by Crippen LogP contribution is -2.26. The van der Waals surface area contributed by atoms with Gasteiger partial charge in [0.1, 0.15) is 0 Å². The first-order chi connectivity index (χ1) is 9.43. The smallest absolute Gasteiger partial charge is 0.243 e. The fourth-order valence-electron chi connectivity index (χ4n) is 1.77. The number of aryl methyl sites for hydroxylation is 1. The van der Waals surface area contributed by atoms with Gasteiger partial charge in [0.05, 0.1) is 22.1 Å². The number of anilines is 1. The molecule has 0 radical (unpaired) electrons. The minimum Gasteiger partial charge on any atom is -0.388 e. The normalized spacial score (nSPS) is 11.8. The maximum absolute atomic E-state index is 12.4. The molecule has 0 amide bonds. The van der Waals surface area contributed by atoms with E-state index >= 15 is 0 Å². The summed E-state index contributed by atoms with van der Waals surface area (Å²) in [5.74, 6) is 0. The largest absolute Gasteiger partial charge is 0.388 e. The molecule has 1 aromatic carbocycles. The van der Waals surface area contributed by atoms with Crippen molar-refractivity contribution in [3.8, 4) is 0 Å². The summed E-state index contributed by atoms with van der Waals surface area (Å²) < 4.78 is 26.2. The van der Waals surface area contributed by atoms with Gasteiger partial charge in [-0.1, -0.05) is 0 Å². The van der Waals surface area contributed by atoms with E-state index in [0.29, 0.717) is 0 Å². The molecule has 0 spiro atoms. The monoisotopic (exact) mass is 311 g/mol. The standard InChI is InChI=1S/C13H17N3O2S2/c1-10-15-12(9-19-10)8-16(3)20(17,18)13-6-4-11(14-2)5-7-13/h4-7,9,14H,8H2,1-3H3. The number of hydrogen-bond acceptors (Lipinski definition) is 5. The molecular formula is C13H17N3O2S2. The van der Waals surface area contributed by atoms with Crippen molar-refractivity contribution in [2.45, 2.75) is 18.4 Å². The predicted octanol–water partition coefficient (Wildman–Crippen LogP) is 2.31. The van der Waals surface area contributed by atoms with Gasteiger partial charge in [-0.25, -0.2) is 13.4 Å². The third kappa shape index (κ3) is 3.17. The molecule has 0 saturated heterocycles. The van der Waals surface area contributed by atoms with Crippen molar-refractivity contribution in [2.24, 2.45) is 0 Å². The highest BCUT2D eigenvalue weighted by atomic mass is 32.2. The molecule has 1 aromatic heterocycles. The molecule has 0 atom stereocenters. The number of hydrogen-bond donors (Lipinski definition) is 1. The van der Waals surface area contributed by atoms with Crippen LogP contribution in [0.25, 0.3) is 0 Å². The van der Waals surface area contributed by atoms with Gasteiger partial charge in [0, 0.05) is 25.2 Å². The van der Waals surface area contributed by atoms with Crippen LogP contribution in [0.4, 0.5) is 5.69 Å². The molecule has 0 aliphatic rings. The van der Waals surface area contributed by atoms with Crippen LogP contribution in [0.5, 0.6) is 0 Å². The molecule has 1 N–H and O–H groups in total. The van der Waals surface area contributed by atoms with E-state index in [1.807, 2.05) is 12.3 Å². The van der Waals surface area contributed by atoms with E-state index in [1.54, 1.807) is 38.4 Å². The Balaban J connectivity index is 2.19. The van der Waals surface area contributed by atoms with Gasteiger partial charge in [0.2, 0.25) is 10.0 Å². The summed E-state index contributed by atoms with van der Waals surface area (Å²) in [5, 5.41) is 5.78. The predicted molar refractivity (Wildman–Crippen MR) is 81.5 cm³/mol. The Morgan fingerprint density at radius 2 is 1.95 bits per heavy atom. The van der Waals surface area contributed by atoms with Gasteiger partial charge in [0.15, 0.2) is 0 Å². The molecule has 2 rings (SSSR count). The second-order valence-corrected chi connectivity index (χ2v) is 7.50. The number of nitrogens with one attached hydrogen (secondary N) is 1. The third-order valence-electron chi connectivity index (χ3n) is 2.90. The fraction of sp³-hybridized carbons (Fsp3) is 0.308. The van der Waals surface area contributed by atoms with Crippen molar-refractivity contribution < 1.29 is 8.42 Å². The Labute approximate surface area is 123 Å². The Morgan fingerprint density at radius 3 is 2.45 bits per heavy atom. The van der Waals surface area contributed by atoms with Gasteiger partial charge in [-0.3, -0.25) is 0 Å². The zero-order valence-electron chi connectivity index (χ0n) is 11.6. The Bertz CT molecular complexity index is 678. The summed E-state index contributed by atoms with van der Waals surface area (Å²) in [6, 6.07) is 6.69. The molecule has 0 fully saturated rings. The number of aromatic nitrogens is 1. The van der Waals surface area contributed by atoms with Crippen LogP contribution in [0.15, 0.2) is 34.5 Å². The van der Waals surface area contributed by atoms with Gasteiger partial charge < -0.3 is 5.32 Å². The van der Waals surface area contributed by atoms with Crippen LogP contribution < -0.4 is 5.32 Å². The molecular weight excluding hydrogens is 294 g/mol. The zero-order valence-corrected chi connectivity index (χ0v) is 13.3. The second kappa shape index (κ2) is 5.90. The molecule has 7 heteroatoms. The van der Waals surface area contributed by atoms with Gasteiger partial charge >= 0.3 is 0 Å². The highest BCUT2D eigenvalue weighted by Gasteiger charge is 2.21. The molecule has 2 aromatic rings. The summed E-state index contributed by atoms with van der Waals surface area (Å²) >= 11 is 1.52. The fourth-order valence-corrected chi connectivity index (χ4v) is 3.51. The molecule has 0 aliphatic carbocycles. The van der Waals surface area contributed by atoms with Crippen LogP contribution in [-0.4, -0.2) is 31.8 Å². The van der Waals surface area contributed by atoms with E-state index in [2.05, 4.69) is 10.3 Å². The first-order valence-electron chi connectivity index (χ1n) is 6.08. The number of rotatable bonds is 5. The SMILES string of the molecule is CNc1ccc(S(=O)(=O)N(C)Cc2csc(C)n2)cc1. The lowest BCUT2D eigenvalue weighted by Gasteiger charge is -2.16. The van der Waals surface area contributed by atoms with Gasteiger partial charge in [0.25, 0.3) is 0 Å². The molecule has 0 bridgehead atoms. The van der Waals surface area contributed by atoms with Crippen LogP contribution in [0.1, 0.15) is 10.7 Å². The zero-order chi connectivity index (χ0) is 14.8. The lowest BCUT2D eigenvalue weighted by atomic mass is 10.3. The maximum atomic E-state index is 12.4. The Morgan fingerprint density at radius 1 is 1.30 bits per heavy atom. The summed E-state index contributed by atoms with van der Waals surface area (Å²) in [6.45, 7) is 2.18. The van der Waals surface area contributed by atoms with Crippen LogP contribution in [0.3, 0.4) is 0 Å². The molecule has 1 heterocycles. The quantitative estimate of drug-likeness (QED) is 0.920. The Kier molecular flexibility index (Phi) is 4.42. The van der Waals surface area contributed by atoms with Crippen LogP contribution >= 0.6 is 11.3 Å². The van der Waals surface area contributed by atoms with Crippen molar-refractivity contribution in [3.63, 3.8) is 0 Å². The summed E-state index contributed by atoms with van der Waals surface area (Å²) in [6.07, 6.45) is 0. The van der Waals surface area contributed by atoms with E-state index in [9.17, 15) is 8.42 Å². The van der Waals surface area contributed by atoms with Crippen molar-refractivity contribution in [1.82, 2.24) is 9.29 Å². The first kappa shape index (κ1) is 15.0. The maximum Gasteiger partial charge on any atom is 0.243 e. The van der Waals surface area contributed by atoms with Gasteiger partial charge in [-0.2, -0.15) is 4.31 Å². The minimum absolute atomic E-state index is 0.278. The van der Waals surface area contributed by atoms with Gasteiger partial charge in [-0.15, -0.1) is 11.3 Å². The third-order valence-corrected chi connectivity index (χ3v) is 5.54. The van der Waals surface area contributed by atoms with Crippen molar-refractivity contribution >= 4 is 27.0 Å². The molecule has 5 nitrogen and oxygen atoms in total. The molecule has 0 unspecified atom stereocenters.